The minimum atomic E-state index is -0.479. The SMILES string of the molecule is CC.CC.Cn1cncc1C(C)(c1ccc(Cl)cc1)c1ccc2c(c1)c(-c1ccccc1)cc(=O)n2C. The average Bonchev–Trinajstić information content (AvgIpc) is 3.39. The summed E-state index contributed by atoms with van der Waals surface area (Å²) < 4.78 is 3.76. The highest BCUT2D eigenvalue weighted by Crippen LogP contribution is 2.41. The number of hydrogen-bond donors (Lipinski definition) is 0. The van der Waals surface area contributed by atoms with E-state index in [-0.39, 0.29) is 5.56 Å². The molecule has 3 aromatic carbocycles. The zero-order chi connectivity index (χ0) is 27.2. The van der Waals surface area contributed by atoms with Crippen LogP contribution < -0.4 is 5.56 Å². The van der Waals surface area contributed by atoms with Crippen LogP contribution in [0.1, 0.15) is 51.4 Å². The maximum atomic E-state index is 12.7. The lowest BCUT2D eigenvalue weighted by atomic mass is 9.73. The molecule has 0 amide bonds. The van der Waals surface area contributed by atoms with Crippen LogP contribution in [-0.4, -0.2) is 14.1 Å². The number of hydrogen-bond acceptors (Lipinski definition) is 2. The van der Waals surface area contributed by atoms with Gasteiger partial charge < -0.3 is 9.13 Å². The fourth-order valence-corrected chi connectivity index (χ4v) is 4.84. The van der Waals surface area contributed by atoms with Gasteiger partial charge in [-0.3, -0.25) is 4.79 Å². The molecule has 0 fully saturated rings. The highest BCUT2D eigenvalue weighted by atomic mass is 35.5. The number of nitrogens with zero attached hydrogens (tertiary/aromatic N) is 3. The molecule has 0 aliphatic heterocycles. The lowest BCUT2D eigenvalue weighted by Crippen LogP contribution is -2.28. The van der Waals surface area contributed by atoms with E-state index in [0.717, 1.165) is 38.9 Å². The van der Waals surface area contributed by atoms with Crippen molar-refractivity contribution in [3.8, 4) is 11.1 Å². The monoisotopic (exact) mass is 513 g/mol. The first-order valence-corrected chi connectivity index (χ1v) is 13.2. The number of imidazole rings is 1. The summed E-state index contributed by atoms with van der Waals surface area (Å²) >= 11 is 6.21. The van der Waals surface area contributed by atoms with Crippen LogP contribution in [-0.2, 0) is 19.5 Å². The predicted octanol–water partition coefficient (Wildman–Crippen LogP) is 8.00. The Bertz CT molecular complexity index is 1520. The summed E-state index contributed by atoms with van der Waals surface area (Å²) in [6.45, 7) is 10.2. The van der Waals surface area contributed by atoms with Gasteiger partial charge in [-0.05, 0) is 53.4 Å². The van der Waals surface area contributed by atoms with E-state index >= 15 is 0 Å². The van der Waals surface area contributed by atoms with Gasteiger partial charge in [0.1, 0.15) is 0 Å². The molecule has 4 nitrogen and oxygen atoms in total. The van der Waals surface area contributed by atoms with Crippen LogP contribution >= 0.6 is 11.6 Å². The number of rotatable bonds is 4. The van der Waals surface area contributed by atoms with Gasteiger partial charge >= 0.3 is 0 Å². The molecule has 0 aliphatic carbocycles. The summed E-state index contributed by atoms with van der Waals surface area (Å²) in [4.78, 5) is 17.1. The molecular weight excluding hydrogens is 478 g/mol. The fourth-order valence-electron chi connectivity index (χ4n) is 4.71. The Morgan fingerprint density at radius 1 is 0.811 bits per heavy atom. The fraction of sp³-hybridized carbons (Fsp3) is 0.250. The van der Waals surface area contributed by atoms with Gasteiger partial charge in [-0.1, -0.05) is 87.8 Å². The normalized spacial score (nSPS) is 12.1. The molecule has 0 bridgehead atoms. The zero-order valence-electron chi connectivity index (χ0n) is 22.8. The summed E-state index contributed by atoms with van der Waals surface area (Å²) in [7, 11) is 3.83. The first-order chi connectivity index (χ1) is 17.9. The predicted molar refractivity (Wildman–Crippen MR) is 158 cm³/mol. The van der Waals surface area contributed by atoms with Crippen LogP contribution in [0.4, 0.5) is 0 Å². The summed E-state index contributed by atoms with van der Waals surface area (Å²) in [6, 6.07) is 26.1. The van der Waals surface area contributed by atoms with Gasteiger partial charge in [0.05, 0.1) is 23.0 Å². The Balaban J connectivity index is 0.000000907. The van der Waals surface area contributed by atoms with Crippen LogP contribution in [0.25, 0.3) is 22.0 Å². The van der Waals surface area contributed by atoms with Gasteiger partial charge in [0.2, 0.25) is 0 Å². The molecule has 2 heterocycles. The summed E-state index contributed by atoms with van der Waals surface area (Å²) in [5.41, 5.74) is 5.62. The lowest BCUT2D eigenvalue weighted by Gasteiger charge is -2.32. The average molecular weight is 514 g/mol. The first kappa shape index (κ1) is 27.9. The molecule has 0 N–H and O–H groups in total. The van der Waals surface area contributed by atoms with E-state index < -0.39 is 5.41 Å². The third-order valence-electron chi connectivity index (χ3n) is 6.66. The molecule has 5 rings (SSSR count). The number of aromatic nitrogens is 3. The van der Waals surface area contributed by atoms with E-state index in [1.807, 2.05) is 103 Å². The molecule has 0 spiro atoms. The maximum Gasteiger partial charge on any atom is 0.251 e. The number of aryl methyl sites for hydroxylation is 2. The molecule has 0 saturated carbocycles. The Morgan fingerprint density at radius 3 is 2.03 bits per heavy atom. The maximum absolute atomic E-state index is 12.7. The van der Waals surface area contributed by atoms with Crippen LogP contribution in [0.3, 0.4) is 0 Å². The Kier molecular flexibility index (Phi) is 9.12. The molecule has 5 aromatic rings. The van der Waals surface area contributed by atoms with E-state index in [4.69, 9.17) is 11.6 Å². The second-order valence-corrected chi connectivity index (χ2v) is 9.01. The first-order valence-electron chi connectivity index (χ1n) is 12.8. The van der Waals surface area contributed by atoms with Crippen molar-refractivity contribution in [2.75, 3.05) is 0 Å². The molecule has 0 aliphatic rings. The zero-order valence-corrected chi connectivity index (χ0v) is 23.5. The van der Waals surface area contributed by atoms with Crippen molar-refractivity contribution in [2.45, 2.75) is 40.0 Å². The van der Waals surface area contributed by atoms with Crippen molar-refractivity contribution in [1.29, 1.82) is 0 Å². The standard InChI is InChI=1S/C28H24ClN3O.2C2H6/c1-28(26-17-30-18-31(26)2,20-9-12-22(29)13-10-20)21-11-14-25-24(15-21)23(16-27(33)32(25)3)19-7-5-4-6-8-19;2*1-2/h4-18H,1-3H3;2*1-2H3. The largest absolute Gasteiger partial charge is 0.337 e. The van der Waals surface area contributed by atoms with Crippen molar-refractivity contribution >= 4 is 22.5 Å². The van der Waals surface area contributed by atoms with E-state index in [9.17, 15) is 4.79 Å². The van der Waals surface area contributed by atoms with Crippen LogP contribution in [0.5, 0.6) is 0 Å². The smallest absolute Gasteiger partial charge is 0.251 e. The van der Waals surface area contributed by atoms with Gasteiger partial charge in [0.15, 0.2) is 0 Å². The van der Waals surface area contributed by atoms with Crippen LogP contribution in [0, 0.1) is 0 Å². The van der Waals surface area contributed by atoms with Crippen molar-refractivity contribution < 1.29 is 0 Å². The molecule has 1 unspecified atom stereocenters. The molecule has 0 radical (unpaired) electrons. The minimum Gasteiger partial charge on any atom is -0.337 e. The third kappa shape index (κ3) is 5.26. The lowest BCUT2D eigenvalue weighted by molar-refractivity contribution is 0.626. The van der Waals surface area contributed by atoms with Crippen LogP contribution in [0.15, 0.2) is 96.2 Å². The number of pyridine rings is 1. The quantitative estimate of drug-likeness (QED) is 0.244. The second-order valence-electron chi connectivity index (χ2n) is 8.57. The Morgan fingerprint density at radius 2 is 1.43 bits per heavy atom. The number of fused-ring (bicyclic) bond motifs is 1. The number of benzene rings is 3. The van der Waals surface area contributed by atoms with E-state index in [1.54, 1.807) is 10.6 Å². The highest BCUT2D eigenvalue weighted by Gasteiger charge is 2.34. The second kappa shape index (κ2) is 12.1. The van der Waals surface area contributed by atoms with Crippen LogP contribution in [0.2, 0.25) is 5.02 Å². The van der Waals surface area contributed by atoms with E-state index in [2.05, 4.69) is 40.7 Å². The highest BCUT2D eigenvalue weighted by molar-refractivity contribution is 6.30. The molecule has 192 valence electrons. The molecule has 2 aromatic heterocycles. The topological polar surface area (TPSA) is 39.8 Å². The summed E-state index contributed by atoms with van der Waals surface area (Å²) in [5, 5.41) is 1.73. The van der Waals surface area contributed by atoms with E-state index in [0.29, 0.717) is 5.02 Å². The molecule has 0 saturated heterocycles. The van der Waals surface area contributed by atoms with Gasteiger partial charge in [-0.15, -0.1) is 0 Å². The Hall–Kier alpha value is -3.63. The van der Waals surface area contributed by atoms with Gasteiger partial charge in [0.25, 0.3) is 5.56 Å². The number of halogens is 1. The van der Waals surface area contributed by atoms with Crippen molar-refractivity contribution in [1.82, 2.24) is 14.1 Å². The third-order valence-corrected chi connectivity index (χ3v) is 6.91. The summed E-state index contributed by atoms with van der Waals surface area (Å²) in [6.07, 6.45) is 3.74. The summed E-state index contributed by atoms with van der Waals surface area (Å²) in [5.74, 6) is 0. The molecule has 5 heteroatoms. The molecular formula is C32H36ClN3O. The molecule has 1 atom stereocenters. The Labute approximate surface area is 225 Å². The van der Waals surface area contributed by atoms with Crippen molar-refractivity contribution in [3.05, 3.63) is 124 Å². The van der Waals surface area contributed by atoms with Crippen molar-refractivity contribution in [2.24, 2.45) is 14.1 Å². The van der Waals surface area contributed by atoms with E-state index in [1.165, 1.54) is 0 Å². The molecule has 37 heavy (non-hydrogen) atoms. The minimum absolute atomic E-state index is 0.0267. The van der Waals surface area contributed by atoms with Crippen molar-refractivity contribution in [3.63, 3.8) is 0 Å². The van der Waals surface area contributed by atoms with Gasteiger partial charge in [-0.25, -0.2) is 4.98 Å². The van der Waals surface area contributed by atoms with Gasteiger partial charge in [0, 0.05) is 36.8 Å². The van der Waals surface area contributed by atoms with Gasteiger partial charge in [-0.2, -0.15) is 0 Å².